The Labute approximate surface area is 97.5 Å². The molecule has 0 aliphatic rings. The molecule has 0 aromatic carbocycles. The SMILES string of the molecule is C=CCOc1ccc(CNC(C)(C)C)nc1. The van der Waals surface area contributed by atoms with Crippen LogP contribution in [0.15, 0.2) is 31.0 Å². The zero-order chi connectivity index (χ0) is 12.0. The number of nitrogens with zero attached hydrogens (tertiary/aromatic N) is 1. The molecule has 0 fully saturated rings. The van der Waals surface area contributed by atoms with Gasteiger partial charge in [-0.3, -0.25) is 4.98 Å². The molecule has 1 rings (SSSR count). The lowest BCUT2D eigenvalue weighted by Gasteiger charge is -2.20. The maximum Gasteiger partial charge on any atom is 0.138 e. The summed E-state index contributed by atoms with van der Waals surface area (Å²) in [6, 6.07) is 3.90. The van der Waals surface area contributed by atoms with Crippen LogP contribution in [0.5, 0.6) is 5.75 Å². The monoisotopic (exact) mass is 220 g/mol. The van der Waals surface area contributed by atoms with Crippen molar-refractivity contribution >= 4 is 0 Å². The highest BCUT2D eigenvalue weighted by molar-refractivity contribution is 5.20. The Morgan fingerprint density at radius 1 is 1.44 bits per heavy atom. The normalized spacial score (nSPS) is 11.2. The molecule has 0 amide bonds. The fourth-order valence-corrected chi connectivity index (χ4v) is 1.11. The van der Waals surface area contributed by atoms with E-state index in [1.807, 2.05) is 12.1 Å². The Morgan fingerprint density at radius 2 is 2.19 bits per heavy atom. The van der Waals surface area contributed by atoms with Gasteiger partial charge in [-0.1, -0.05) is 12.7 Å². The van der Waals surface area contributed by atoms with E-state index in [1.165, 1.54) is 0 Å². The summed E-state index contributed by atoms with van der Waals surface area (Å²) in [5.41, 5.74) is 1.13. The largest absolute Gasteiger partial charge is 0.488 e. The van der Waals surface area contributed by atoms with Crippen molar-refractivity contribution in [1.29, 1.82) is 0 Å². The first kappa shape index (κ1) is 12.7. The first-order valence-corrected chi connectivity index (χ1v) is 5.45. The van der Waals surface area contributed by atoms with Gasteiger partial charge in [0, 0.05) is 12.1 Å². The van der Waals surface area contributed by atoms with Crippen molar-refractivity contribution in [1.82, 2.24) is 10.3 Å². The molecule has 0 bridgehead atoms. The fraction of sp³-hybridized carbons (Fsp3) is 0.462. The quantitative estimate of drug-likeness (QED) is 0.774. The van der Waals surface area contributed by atoms with Crippen LogP contribution in [0, 0.1) is 0 Å². The molecule has 16 heavy (non-hydrogen) atoms. The van der Waals surface area contributed by atoms with Gasteiger partial charge in [-0.25, -0.2) is 0 Å². The van der Waals surface area contributed by atoms with Crippen LogP contribution in [0.2, 0.25) is 0 Å². The second kappa shape index (κ2) is 5.66. The number of hydrogen-bond acceptors (Lipinski definition) is 3. The van der Waals surface area contributed by atoms with Crippen LogP contribution in [0.3, 0.4) is 0 Å². The molecule has 0 spiro atoms. The van der Waals surface area contributed by atoms with Gasteiger partial charge in [0.05, 0.1) is 11.9 Å². The zero-order valence-electron chi connectivity index (χ0n) is 10.3. The molecule has 0 saturated heterocycles. The first-order valence-electron chi connectivity index (χ1n) is 5.45. The highest BCUT2D eigenvalue weighted by Gasteiger charge is 2.08. The molecule has 88 valence electrons. The summed E-state index contributed by atoms with van der Waals surface area (Å²) >= 11 is 0. The third-order valence-electron chi connectivity index (χ3n) is 1.97. The van der Waals surface area contributed by atoms with Gasteiger partial charge >= 0.3 is 0 Å². The lowest BCUT2D eigenvalue weighted by atomic mass is 10.1. The smallest absolute Gasteiger partial charge is 0.138 e. The van der Waals surface area contributed by atoms with Crippen molar-refractivity contribution in [2.75, 3.05) is 6.61 Å². The van der Waals surface area contributed by atoms with E-state index in [0.717, 1.165) is 18.0 Å². The summed E-state index contributed by atoms with van der Waals surface area (Å²) in [5, 5.41) is 3.38. The van der Waals surface area contributed by atoms with Gasteiger partial charge in [0.2, 0.25) is 0 Å². The summed E-state index contributed by atoms with van der Waals surface area (Å²) in [6.45, 7) is 11.3. The minimum Gasteiger partial charge on any atom is -0.488 e. The molecule has 1 heterocycles. The number of rotatable bonds is 5. The molecule has 0 unspecified atom stereocenters. The molecule has 0 radical (unpaired) electrons. The van der Waals surface area contributed by atoms with Gasteiger partial charge in [-0.15, -0.1) is 0 Å². The van der Waals surface area contributed by atoms with E-state index in [9.17, 15) is 0 Å². The van der Waals surface area contributed by atoms with Gasteiger partial charge in [0.15, 0.2) is 0 Å². The number of ether oxygens (including phenoxy) is 1. The summed E-state index contributed by atoms with van der Waals surface area (Å²) in [7, 11) is 0. The van der Waals surface area contributed by atoms with Crippen molar-refractivity contribution in [3.8, 4) is 5.75 Å². The van der Waals surface area contributed by atoms with E-state index < -0.39 is 0 Å². The second-order valence-electron chi connectivity index (χ2n) is 4.69. The zero-order valence-corrected chi connectivity index (χ0v) is 10.3. The first-order chi connectivity index (χ1) is 7.51. The number of nitrogens with one attached hydrogen (secondary N) is 1. The molecule has 3 heteroatoms. The molecule has 1 N–H and O–H groups in total. The van der Waals surface area contributed by atoms with Gasteiger partial charge in [0.25, 0.3) is 0 Å². The van der Waals surface area contributed by atoms with E-state index >= 15 is 0 Å². The van der Waals surface area contributed by atoms with Crippen molar-refractivity contribution in [3.05, 3.63) is 36.7 Å². The molecular formula is C13H20N2O. The topological polar surface area (TPSA) is 34.1 Å². The van der Waals surface area contributed by atoms with Gasteiger partial charge in [0.1, 0.15) is 12.4 Å². The highest BCUT2D eigenvalue weighted by Crippen LogP contribution is 2.09. The maximum absolute atomic E-state index is 5.35. The minimum absolute atomic E-state index is 0.111. The average molecular weight is 220 g/mol. The predicted molar refractivity (Wildman–Crippen MR) is 66.5 cm³/mol. The van der Waals surface area contributed by atoms with Gasteiger partial charge in [-0.05, 0) is 32.9 Å². The lowest BCUT2D eigenvalue weighted by molar-refractivity contribution is 0.361. The Hall–Kier alpha value is -1.35. The summed E-state index contributed by atoms with van der Waals surface area (Å²) in [6.07, 6.45) is 3.46. The predicted octanol–water partition coefficient (Wildman–Crippen LogP) is 2.53. The molecule has 3 nitrogen and oxygen atoms in total. The summed E-state index contributed by atoms with van der Waals surface area (Å²) < 4.78 is 5.35. The van der Waals surface area contributed by atoms with Crippen LogP contribution in [0.25, 0.3) is 0 Å². The standard InChI is InChI=1S/C13H20N2O/c1-5-8-16-12-7-6-11(14-10-12)9-15-13(2,3)4/h5-7,10,15H,1,8-9H2,2-4H3. The van der Waals surface area contributed by atoms with Crippen LogP contribution in [-0.2, 0) is 6.54 Å². The number of aromatic nitrogens is 1. The molecule has 1 aromatic rings. The van der Waals surface area contributed by atoms with Gasteiger partial charge < -0.3 is 10.1 Å². The van der Waals surface area contributed by atoms with Crippen LogP contribution in [-0.4, -0.2) is 17.1 Å². The third kappa shape index (κ3) is 4.94. The molecular weight excluding hydrogens is 200 g/mol. The molecule has 0 atom stereocenters. The number of pyridine rings is 1. The van der Waals surface area contributed by atoms with E-state index in [1.54, 1.807) is 12.3 Å². The fourth-order valence-electron chi connectivity index (χ4n) is 1.11. The Balaban J connectivity index is 2.48. The average Bonchev–Trinajstić information content (AvgIpc) is 2.24. The van der Waals surface area contributed by atoms with E-state index in [-0.39, 0.29) is 5.54 Å². The molecule has 0 aliphatic heterocycles. The van der Waals surface area contributed by atoms with Crippen LogP contribution in [0.1, 0.15) is 26.5 Å². The summed E-state index contributed by atoms with van der Waals surface area (Å²) in [4.78, 5) is 4.31. The Morgan fingerprint density at radius 3 is 2.69 bits per heavy atom. The van der Waals surface area contributed by atoms with E-state index in [0.29, 0.717) is 6.61 Å². The van der Waals surface area contributed by atoms with Crippen molar-refractivity contribution in [2.45, 2.75) is 32.9 Å². The van der Waals surface area contributed by atoms with Crippen molar-refractivity contribution in [3.63, 3.8) is 0 Å². The maximum atomic E-state index is 5.35. The van der Waals surface area contributed by atoms with Crippen LogP contribution in [0.4, 0.5) is 0 Å². The Kier molecular flexibility index (Phi) is 4.50. The number of hydrogen-bond donors (Lipinski definition) is 1. The summed E-state index contributed by atoms with van der Waals surface area (Å²) in [5.74, 6) is 0.777. The Bertz CT molecular complexity index is 325. The van der Waals surface area contributed by atoms with Crippen LogP contribution < -0.4 is 10.1 Å². The van der Waals surface area contributed by atoms with Gasteiger partial charge in [-0.2, -0.15) is 0 Å². The molecule has 1 aromatic heterocycles. The van der Waals surface area contributed by atoms with E-state index in [2.05, 4.69) is 37.7 Å². The minimum atomic E-state index is 0.111. The van der Waals surface area contributed by atoms with Crippen molar-refractivity contribution in [2.24, 2.45) is 0 Å². The molecule has 0 saturated carbocycles. The third-order valence-corrected chi connectivity index (χ3v) is 1.97. The second-order valence-corrected chi connectivity index (χ2v) is 4.69. The lowest BCUT2D eigenvalue weighted by Crippen LogP contribution is -2.35. The molecule has 0 aliphatic carbocycles. The van der Waals surface area contributed by atoms with E-state index in [4.69, 9.17) is 4.74 Å². The van der Waals surface area contributed by atoms with Crippen LogP contribution >= 0.6 is 0 Å². The van der Waals surface area contributed by atoms with Crippen molar-refractivity contribution < 1.29 is 4.74 Å². The highest BCUT2D eigenvalue weighted by atomic mass is 16.5.